The molecule has 1 unspecified atom stereocenters. The predicted molar refractivity (Wildman–Crippen MR) is 122 cm³/mol. The number of fused-ring (bicyclic) bond motifs is 1. The van der Waals surface area contributed by atoms with Crippen LogP contribution in [0.4, 0.5) is 0 Å². The SMILES string of the molecule is Cc1ccc(C2CCCN2C(=O)CCCCCN=C2NS(=O)(=O)c3ccccc32)cc1. The van der Waals surface area contributed by atoms with Gasteiger partial charge in [0.2, 0.25) is 5.91 Å². The van der Waals surface area contributed by atoms with Crippen molar-refractivity contribution in [3.8, 4) is 0 Å². The number of unbranched alkanes of at least 4 members (excludes halogenated alkanes) is 2. The zero-order valence-corrected chi connectivity index (χ0v) is 18.7. The lowest BCUT2D eigenvalue weighted by molar-refractivity contribution is -0.132. The standard InChI is InChI=1S/C24H29N3O3S/c1-18-12-14-19(15-13-18)21-9-7-17-27(21)23(28)11-3-2-6-16-25-24-20-8-4-5-10-22(20)31(29,30)26-24/h4-5,8,10,12-15,21H,2-3,6-7,9,11,16-17H2,1H3,(H,25,26). The van der Waals surface area contributed by atoms with Crippen molar-refractivity contribution in [2.24, 2.45) is 4.99 Å². The number of carbonyl (C=O) groups is 1. The second-order valence-electron chi connectivity index (χ2n) is 8.30. The van der Waals surface area contributed by atoms with Crippen LogP contribution in [0.3, 0.4) is 0 Å². The second-order valence-corrected chi connectivity index (χ2v) is 9.95. The van der Waals surface area contributed by atoms with Crippen molar-refractivity contribution in [1.82, 2.24) is 9.62 Å². The number of aryl methyl sites for hydroxylation is 1. The summed E-state index contributed by atoms with van der Waals surface area (Å²) < 4.78 is 26.7. The average Bonchev–Trinajstić information content (AvgIpc) is 3.34. The normalized spacial score (nSPS) is 20.6. The van der Waals surface area contributed by atoms with Crippen LogP contribution in [0.15, 0.2) is 58.4 Å². The van der Waals surface area contributed by atoms with E-state index in [9.17, 15) is 13.2 Å². The number of rotatable bonds is 7. The lowest BCUT2D eigenvalue weighted by Gasteiger charge is -2.25. The zero-order chi connectivity index (χ0) is 21.8. The summed E-state index contributed by atoms with van der Waals surface area (Å²) in [6.07, 6.45) is 5.17. The van der Waals surface area contributed by atoms with Crippen LogP contribution in [0.25, 0.3) is 0 Å². The van der Waals surface area contributed by atoms with Crippen molar-refractivity contribution < 1.29 is 13.2 Å². The number of carbonyl (C=O) groups excluding carboxylic acids is 1. The fourth-order valence-corrected chi connectivity index (χ4v) is 5.60. The summed E-state index contributed by atoms with van der Waals surface area (Å²) in [6.45, 7) is 3.45. The molecule has 2 aromatic rings. The molecule has 0 aliphatic carbocycles. The maximum Gasteiger partial charge on any atom is 0.263 e. The summed E-state index contributed by atoms with van der Waals surface area (Å²) in [5, 5.41) is 0. The number of amidine groups is 1. The fourth-order valence-electron chi connectivity index (χ4n) is 4.35. The van der Waals surface area contributed by atoms with E-state index < -0.39 is 10.0 Å². The molecule has 1 saturated heterocycles. The molecular weight excluding hydrogens is 410 g/mol. The van der Waals surface area contributed by atoms with Gasteiger partial charge < -0.3 is 4.90 Å². The summed E-state index contributed by atoms with van der Waals surface area (Å²) in [5.74, 6) is 0.650. The molecule has 1 fully saturated rings. The average molecular weight is 440 g/mol. The second kappa shape index (κ2) is 9.22. The quantitative estimate of drug-likeness (QED) is 0.664. The first-order valence-corrected chi connectivity index (χ1v) is 12.5. The van der Waals surface area contributed by atoms with E-state index in [-0.39, 0.29) is 16.8 Å². The first-order chi connectivity index (χ1) is 15.0. The molecule has 0 spiro atoms. The minimum absolute atomic E-state index is 0.204. The molecule has 31 heavy (non-hydrogen) atoms. The molecule has 0 aromatic heterocycles. The Morgan fingerprint density at radius 1 is 1.10 bits per heavy atom. The number of nitrogens with one attached hydrogen (secondary N) is 1. The number of nitrogens with zero attached hydrogens (tertiary/aromatic N) is 2. The van der Waals surface area contributed by atoms with Gasteiger partial charge in [0.15, 0.2) is 0 Å². The number of benzene rings is 2. The van der Waals surface area contributed by atoms with Crippen molar-refractivity contribution >= 4 is 21.8 Å². The van der Waals surface area contributed by atoms with Crippen LogP contribution in [0.1, 0.15) is 61.3 Å². The van der Waals surface area contributed by atoms with Crippen LogP contribution in [-0.2, 0) is 14.8 Å². The summed E-state index contributed by atoms with van der Waals surface area (Å²) in [6, 6.07) is 15.6. The van der Waals surface area contributed by atoms with E-state index in [1.807, 2.05) is 11.0 Å². The highest BCUT2D eigenvalue weighted by Crippen LogP contribution is 2.32. The number of sulfonamides is 1. The summed E-state index contributed by atoms with van der Waals surface area (Å²) in [4.78, 5) is 19.5. The molecule has 2 aromatic carbocycles. The molecule has 0 saturated carbocycles. The van der Waals surface area contributed by atoms with Crippen LogP contribution in [0.2, 0.25) is 0 Å². The van der Waals surface area contributed by atoms with Gasteiger partial charge in [0, 0.05) is 25.1 Å². The molecule has 164 valence electrons. The molecule has 6 nitrogen and oxygen atoms in total. The van der Waals surface area contributed by atoms with Crippen LogP contribution >= 0.6 is 0 Å². The van der Waals surface area contributed by atoms with Crippen molar-refractivity contribution in [1.29, 1.82) is 0 Å². The number of aliphatic imine (C=N–C) groups is 1. The van der Waals surface area contributed by atoms with Gasteiger partial charge in [-0.05, 0) is 50.3 Å². The molecule has 2 heterocycles. The Balaban J connectivity index is 1.24. The lowest BCUT2D eigenvalue weighted by Crippen LogP contribution is -2.30. The molecule has 7 heteroatoms. The Morgan fingerprint density at radius 3 is 2.68 bits per heavy atom. The Labute approximate surface area is 184 Å². The topological polar surface area (TPSA) is 78.8 Å². The highest BCUT2D eigenvalue weighted by atomic mass is 32.2. The van der Waals surface area contributed by atoms with Crippen molar-refractivity contribution in [2.45, 2.75) is 56.4 Å². The molecule has 0 radical (unpaired) electrons. The molecule has 1 amide bonds. The van der Waals surface area contributed by atoms with Gasteiger partial charge >= 0.3 is 0 Å². The Bertz CT molecular complexity index is 1080. The number of likely N-dealkylation sites (tertiary alicyclic amines) is 1. The maximum absolute atomic E-state index is 12.8. The van der Waals surface area contributed by atoms with Gasteiger partial charge in [0.1, 0.15) is 5.84 Å². The fraction of sp³-hybridized carbons (Fsp3) is 0.417. The first kappa shape index (κ1) is 21.6. The molecule has 2 aliphatic rings. The van der Waals surface area contributed by atoms with Crippen molar-refractivity contribution in [3.63, 3.8) is 0 Å². The van der Waals surface area contributed by atoms with Crippen molar-refractivity contribution in [2.75, 3.05) is 13.1 Å². The van der Waals surface area contributed by atoms with Gasteiger partial charge in [-0.2, -0.15) is 0 Å². The molecule has 2 aliphatic heterocycles. The molecule has 4 rings (SSSR count). The molecule has 1 N–H and O–H groups in total. The number of hydrogen-bond acceptors (Lipinski definition) is 4. The predicted octanol–water partition coefficient (Wildman–Crippen LogP) is 3.96. The third-order valence-electron chi connectivity index (χ3n) is 6.02. The van der Waals surface area contributed by atoms with Gasteiger partial charge in [0.25, 0.3) is 10.0 Å². The Morgan fingerprint density at radius 2 is 1.87 bits per heavy atom. The van der Waals surface area contributed by atoms with E-state index >= 15 is 0 Å². The summed E-state index contributed by atoms with van der Waals surface area (Å²) in [7, 11) is -3.48. The smallest absolute Gasteiger partial charge is 0.263 e. The molecule has 1 atom stereocenters. The van der Waals surface area contributed by atoms with Gasteiger partial charge in [-0.3, -0.25) is 14.5 Å². The molecular formula is C24H29N3O3S. The van der Waals surface area contributed by atoms with Gasteiger partial charge in [-0.1, -0.05) is 48.4 Å². The number of amides is 1. The summed E-state index contributed by atoms with van der Waals surface area (Å²) in [5.41, 5.74) is 3.09. The van der Waals surface area contributed by atoms with Crippen LogP contribution in [0.5, 0.6) is 0 Å². The van der Waals surface area contributed by atoms with Crippen molar-refractivity contribution in [3.05, 3.63) is 65.2 Å². The molecule has 0 bridgehead atoms. The van der Waals surface area contributed by atoms with E-state index in [1.54, 1.807) is 18.2 Å². The highest BCUT2D eigenvalue weighted by Gasteiger charge is 2.30. The van der Waals surface area contributed by atoms with Crippen LogP contribution in [-0.4, -0.2) is 38.2 Å². The first-order valence-electron chi connectivity index (χ1n) is 11.0. The van der Waals surface area contributed by atoms with Gasteiger partial charge in [0.05, 0.1) is 10.9 Å². The number of hydrogen-bond donors (Lipinski definition) is 1. The monoisotopic (exact) mass is 439 g/mol. The van der Waals surface area contributed by atoms with E-state index in [0.717, 1.165) is 38.6 Å². The van der Waals surface area contributed by atoms with Gasteiger partial charge in [-0.15, -0.1) is 0 Å². The van der Waals surface area contributed by atoms with E-state index in [4.69, 9.17) is 0 Å². The largest absolute Gasteiger partial charge is 0.336 e. The van der Waals surface area contributed by atoms with Gasteiger partial charge in [-0.25, -0.2) is 8.42 Å². The summed E-state index contributed by atoms with van der Waals surface area (Å²) >= 11 is 0. The Hall–Kier alpha value is -2.67. The van der Waals surface area contributed by atoms with Crippen LogP contribution < -0.4 is 4.72 Å². The highest BCUT2D eigenvalue weighted by molar-refractivity contribution is 7.90. The lowest BCUT2D eigenvalue weighted by atomic mass is 10.0. The minimum Gasteiger partial charge on any atom is -0.336 e. The zero-order valence-electron chi connectivity index (χ0n) is 17.9. The van der Waals surface area contributed by atoms with E-state index in [2.05, 4.69) is 40.9 Å². The minimum atomic E-state index is -3.48. The van der Waals surface area contributed by atoms with Crippen LogP contribution in [0, 0.1) is 6.92 Å². The third kappa shape index (κ3) is 4.82. The Kier molecular flexibility index (Phi) is 6.41. The van der Waals surface area contributed by atoms with E-state index in [0.29, 0.717) is 24.4 Å². The maximum atomic E-state index is 12.8. The third-order valence-corrected chi connectivity index (χ3v) is 7.41. The van der Waals surface area contributed by atoms with E-state index in [1.165, 1.54) is 11.1 Å².